The maximum absolute atomic E-state index is 15.9. The largest absolute Gasteiger partial charge is 0.307 e. The van der Waals surface area contributed by atoms with Gasteiger partial charge in [-0.25, -0.2) is 17.6 Å². The van der Waals surface area contributed by atoms with Crippen molar-refractivity contribution in [3.63, 3.8) is 0 Å². The van der Waals surface area contributed by atoms with Crippen LogP contribution in [-0.4, -0.2) is 0 Å². The second-order valence-corrected chi connectivity index (χ2v) is 14.3. The summed E-state index contributed by atoms with van der Waals surface area (Å²) in [5.41, 5.74) is 7.28. The molecule has 0 aliphatic rings. The van der Waals surface area contributed by atoms with Gasteiger partial charge in [0.25, 0.3) is 0 Å². The van der Waals surface area contributed by atoms with Crippen molar-refractivity contribution in [2.45, 2.75) is 0 Å². The molecule has 0 aliphatic heterocycles. The number of rotatable bonds is 8. The monoisotopic (exact) mass is 760 g/mol. The molecule has 0 atom stereocenters. The van der Waals surface area contributed by atoms with Crippen LogP contribution in [0.25, 0.3) is 54.6 Å². The van der Waals surface area contributed by atoms with Gasteiger partial charge in [-0.3, -0.25) is 0 Å². The highest BCUT2D eigenvalue weighted by Crippen LogP contribution is 2.48. The highest BCUT2D eigenvalue weighted by atomic mass is 19.1. The van der Waals surface area contributed by atoms with Crippen LogP contribution in [0, 0.1) is 23.3 Å². The van der Waals surface area contributed by atoms with E-state index in [0.29, 0.717) is 22.7 Å². The van der Waals surface area contributed by atoms with Crippen LogP contribution in [-0.2, 0) is 0 Å². The molecule has 6 heteroatoms. The third-order valence-corrected chi connectivity index (χ3v) is 10.9. The Morgan fingerprint density at radius 2 is 0.638 bits per heavy atom. The fraction of sp³-hybridized carbons (Fsp3) is 0. The smallest absolute Gasteiger partial charge is 0.150 e. The molecule has 278 valence electrons. The van der Waals surface area contributed by atoms with Gasteiger partial charge in [0.15, 0.2) is 0 Å². The van der Waals surface area contributed by atoms with Crippen molar-refractivity contribution in [3.05, 3.63) is 217 Å². The van der Waals surface area contributed by atoms with E-state index in [0.717, 1.165) is 66.7 Å². The molecular formula is C52H32F4N2. The fourth-order valence-electron chi connectivity index (χ4n) is 8.17. The van der Waals surface area contributed by atoms with E-state index in [4.69, 9.17) is 0 Å². The first kappa shape index (κ1) is 35.0. The van der Waals surface area contributed by atoms with Crippen molar-refractivity contribution in [1.29, 1.82) is 0 Å². The Morgan fingerprint density at radius 1 is 0.293 bits per heavy atom. The van der Waals surface area contributed by atoms with Gasteiger partial charge in [-0.2, -0.15) is 0 Å². The second-order valence-electron chi connectivity index (χ2n) is 14.3. The molecule has 0 aliphatic carbocycles. The molecule has 58 heavy (non-hydrogen) atoms. The van der Waals surface area contributed by atoms with Crippen LogP contribution in [0.4, 0.5) is 51.7 Å². The molecule has 0 spiro atoms. The molecule has 0 saturated carbocycles. The third-order valence-electron chi connectivity index (χ3n) is 10.9. The van der Waals surface area contributed by atoms with Crippen molar-refractivity contribution >= 4 is 66.4 Å². The SMILES string of the molecule is Fc1ccc(N(c2ccc(-c3ccccc3)cc2)c2ccc3ccc4c(N(c5ccc(-c6ccccc6)cc5)c5ccc(F)cc5F)ccc5ccc2c3c54)c(F)c1. The van der Waals surface area contributed by atoms with Gasteiger partial charge in [0.05, 0.1) is 22.7 Å². The van der Waals surface area contributed by atoms with Crippen molar-refractivity contribution in [3.8, 4) is 22.3 Å². The summed E-state index contributed by atoms with van der Waals surface area (Å²) in [7, 11) is 0. The van der Waals surface area contributed by atoms with Crippen molar-refractivity contribution in [1.82, 2.24) is 0 Å². The lowest BCUT2D eigenvalue weighted by atomic mass is 9.91. The fourth-order valence-corrected chi connectivity index (χ4v) is 8.17. The van der Waals surface area contributed by atoms with E-state index >= 15 is 8.78 Å². The number of benzene rings is 10. The molecule has 0 N–H and O–H groups in total. The summed E-state index contributed by atoms with van der Waals surface area (Å²) in [4.78, 5) is 3.65. The number of nitrogens with zero attached hydrogens (tertiary/aromatic N) is 2. The zero-order chi connectivity index (χ0) is 39.3. The quantitative estimate of drug-likeness (QED) is 0.112. The van der Waals surface area contributed by atoms with E-state index in [9.17, 15) is 8.78 Å². The molecule has 0 saturated heterocycles. The van der Waals surface area contributed by atoms with Crippen LogP contribution in [0.15, 0.2) is 194 Å². The molecule has 10 rings (SSSR count). The van der Waals surface area contributed by atoms with E-state index in [1.54, 1.807) is 0 Å². The molecule has 0 bridgehead atoms. The van der Waals surface area contributed by atoms with E-state index in [1.807, 2.05) is 168 Å². The number of anilines is 6. The van der Waals surface area contributed by atoms with E-state index in [2.05, 4.69) is 0 Å². The Bertz CT molecular complexity index is 2880. The first-order chi connectivity index (χ1) is 28.4. The first-order valence-electron chi connectivity index (χ1n) is 18.9. The minimum atomic E-state index is -0.699. The molecular weight excluding hydrogens is 729 g/mol. The van der Waals surface area contributed by atoms with Gasteiger partial charge in [0.1, 0.15) is 23.3 Å². The minimum absolute atomic E-state index is 0.196. The summed E-state index contributed by atoms with van der Waals surface area (Å²) in [5, 5.41) is 5.47. The molecule has 0 aromatic heterocycles. The van der Waals surface area contributed by atoms with E-state index in [-0.39, 0.29) is 11.4 Å². The normalized spacial score (nSPS) is 11.4. The Labute approximate surface area is 332 Å². The lowest BCUT2D eigenvalue weighted by molar-refractivity contribution is 0.583. The van der Waals surface area contributed by atoms with Gasteiger partial charge in [-0.15, -0.1) is 0 Å². The predicted molar refractivity (Wildman–Crippen MR) is 230 cm³/mol. The van der Waals surface area contributed by atoms with Gasteiger partial charge in [0.2, 0.25) is 0 Å². The average Bonchev–Trinajstić information content (AvgIpc) is 3.26. The molecule has 10 aromatic rings. The summed E-state index contributed by atoms with van der Waals surface area (Å²) in [6.45, 7) is 0. The Morgan fingerprint density at radius 3 is 1.02 bits per heavy atom. The molecule has 0 amide bonds. The van der Waals surface area contributed by atoms with Crippen LogP contribution < -0.4 is 9.80 Å². The van der Waals surface area contributed by atoms with Crippen LogP contribution in [0.3, 0.4) is 0 Å². The van der Waals surface area contributed by atoms with Gasteiger partial charge < -0.3 is 9.80 Å². The van der Waals surface area contributed by atoms with Gasteiger partial charge in [-0.1, -0.05) is 121 Å². The molecule has 0 radical (unpaired) electrons. The summed E-state index contributed by atoms with van der Waals surface area (Å²) in [5.74, 6) is -2.73. The van der Waals surface area contributed by atoms with Crippen LogP contribution in [0.1, 0.15) is 0 Å². The van der Waals surface area contributed by atoms with Gasteiger partial charge >= 0.3 is 0 Å². The second kappa shape index (κ2) is 14.3. The number of hydrogen-bond acceptors (Lipinski definition) is 2. The zero-order valence-corrected chi connectivity index (χ0v) is 30.9. The summed E-state index contributed by atoms with van der Waals surface area (Å²) in [6.07, 6.45) is 0. The van der Waals surface area contributed by atoms with Crippen LogP contribution >= 0.6 is 0 Å². The van der Waals surface area contributed by atoms with Crippen LogP contribution in [0.2, 0.25) is 0 Å². The highest BCUT2D eigenvalue weighted by Gasteiger charge is 2.24. The summed E-state index contributed by atoms with van der Waals surface area (Å²) >= 11 is 0. The van der Waals surface area contributed by atoms with E-state index in [1.165, 1.54) is 24.3 Å². The molecule has 0 unspecified atom stereocenters. The Kier molecular flexibility index (Phi) is 8.60. The number of hydrogen-bond donors (Lipinski definition) is 0. The summed E-state index contributed by atoms with van der Waals surface area (Å²) < 4.78 is 60.6. The lowest BCUT2D eigenvalue weighted by Crippen LogP contribution is -2.13. The average molecular weight is 761 g/mol. The molecule has 0 heterocycles. The van der Waals surface area contributed by atoms with Crippen molar-refractivity contribution in [2.24, 2.45) is 0 Å². The molecule has 2 nitrogen and oxygen atoms in total. The minimum Gasteiger partial charge on any atom is -0.307 e. The Balaban J connectivity index is 1.18. The maximum atomic E-state index is 15.9. The topological polar surface area (TPSA) is 6.48 Å². The van der Waals surface area contributed by atoms with Crippen LogP contribution in [0.5, 0.6) is 0 Å². The molecule has 0 fully saturated rings. The standard InChI is InChI=1S/C52H32F4N2/c53-39-19-29-49(45(55)31-39)57(41-21-11-35(12-22-41)33-7-3-1-4-8-33)47-27-17-37-16-26-44-48(28-18-38-15-25-43(47)51(37)52(38)44)58(50-30-20-40(54)32-46(50)56)42-23-13-36(14-24-42)34-9-5-2-6-10-34/h1-32H. The van der Waals surface area contributed by atoms with Gasteiger partial charge in [-0.05, 0) is 104 Å². The predicted octanol–water partition coefficient (Wildman–Crippen LogP) is 15.4. The van der Waals surface area contributed by atoms with E-state index < -0.39 is 23.3 Å². The summed E-state index contributed by atoms with van der Waals surface area (Å²) in [6, 6.07) is 59.1. The highest BCUT2D eigenvalue weighted by molar-refractivity contribution is 6.28. The van der Waals surface area contributed by atoms with Crippen molar-refractivity contribution in [2.75, 3.05) is 9.80 Å². The number of halogens is 4. The zero-order valence-electron chi connectivity index (χ0n) is 30.9. The Hall–Kier alpha value is -7.44. The first-order valence-corrected chi connectivity index (χ1v) is 18.9. The maximum Gasteiger partial charge on any atom is 0.150 e. The third kappa shape index (κ3) is 6.07. The lowest BCUT2D eigenvalue weighted by Gasteiger charge is -2.29. The van der Waals surface area contributed by atoms with Gasteiger partial charge in [0, 0.05) is 34.3 Å². The molecule has 10 aromatic carbocycles. The van der Waals surface area contributed by atoms with Crippen molar-refractivity contribution < 1.29 is 17.6 Å².